The van der Waals surface area contributed by atoms with E-state index < -0.39 is 17.7 Å². The first-order valence-electron chi connectivity index (χ1n) is 7.64. The second-order valence-electron chi connectivity index (χ2n) is 6.19. The molecule has 132 valence electrons. The molecule has 0 spiro atoms. The molecule has 1 N–H and O–H groups in total. The summed E-state index contributed by atoms with van der Waals surface area (Å²) in [5.74, 6) is -0.347. The van der Waals surface area contributed by atoms with Gasteiger partial charge in [0.05, 0.1) is 31.4 Å². The van der Waals surface area contributed by atoms with Gasteiger partial charge in [0.2, 0.25) is 0 Å². The number of nitrogens with zero attached hydrogens (tertiary/aromatic N) is 3. The van der Waals surface area contributed by atoms with Crippen molar-refractivity contribution in [2.45, 2.75) is 12.2 Å². The third kappa shape index (κ3) is 3.78. The summed E-state index contributed by atoms with van der Waals surface area (Å²) in [4.78, 5) is 18.8. The number of pyridine rings is 1. The molecule has 2 saturated heterocycles. The Balaban J connectivity index is 1.79. The van der Waals surface area contributed by atoms with E-state index in [0.29, 0.717) is 38.7 Å². The lowest BCUT2D eigenvalue weighted by Gasteiger charge is -2.31. The van der Waals surface area contributed by atoms with Gasteiger partial charge in [-0.2, -0.15) is 13.2 Å². The molecule has 0 amide bonds. The molecule has 0 radical (unpaired) electrons. The third-order valence-electron chi connectivity index (χ3n) is 4.32. The summed E-state index contributed by atoms with van der Waals surface area (Å²) in [6.45, 7) is 2.48. The van der Waals surface area contributed by atoms with Crippen LogP contribution in [-0.2, 0) is 15.7 Å². The van der Waals surface area contributed by atoms with Crippen LogP contribution in [0.5, 0.6) is 0 Å². The molecular formula is C15H18F3N3O3. The smallest absolute Gasteiger partial charge is 0.417 e. The number of fused-ring (bicyclic) bond motifs is 3. The van der Waals surface area contributed by atoms with E-state index in [-0.39, 0.29) is 18.5 Å². The van der Waals surface area contributed by atoms with E-state index in [0.717, 1.165) is 12.3 Å². The van der Waals surface area contributed by atoms with Gasteiger partial charge in [-0.1, -0.05) is 0 Å². The van der Waals surface area contributed by atoms with Crippen LogP contribution in [-0.4, -0.2) is 66.4 Å². The van der Waals surface area contributed by atoms with Gasteiger partial charge >= 0.3 is 12.1 Å². The quantitative estimate of drug-likeness (QED) is 0.891. The van der Waals surface area contributed by atoms with Crippen LogP contribution < -0.4 is 4.90 Å². The number of anilines is 1. The SMILES string of the molecule is O=C(O)CN1C[C@H]2COC[C@@H]1CN(c1ccc(C(F)(F)F)cn1)C2. The lowest BCUT2D eigenvalue weighted by Crippen LogP contribution is -2.45. The van der Waals surface area contributed by atoms with E-state index in [1.165, 1.54) is 6.07 Å². The van der Waals surface area contributed by atoms with E-state index >= 15 is 0 Å². The zero-order valence-electron chi connectivity index (χ0n) is 12.9. The zero-order chi connectivity index (χ0) is 17.3. The Morgan fingerprint density at radius 1 is 1.29 bits per heavy atom. The summed E-state index contributed by atoms with van der Waals surface area (Å²) in [6, 6.07) is 2.26. The summed E-state index contributed by atoms with van der Waals surface area (Å²) >= 11 is 0. The number of halogens is 3. The molecule has 24 heavy (non-hydrogen) atoms. The second-order valence-corrected chi connectivity index (χ2v) is 6.19. The largest absolute Gasteiger partial charge is 0.480 e. The highest BCUT2D eigenvalue weighted by molar-refractivity contribution is 5.69. The van der Waals surface area contributed by atoms with E-state index in [2.05, 4.69) is 4.98 Å². The van der Waals surface area contributed by atoms with Gasteiger partial charge in [0.15, 0.2) is 0 Å². The molecule has 0 saturated carbocycles. The van der Waals surface area contributed by atoms with Crippen LogP contribution in [0.3, 0.4) is 0 Å². The van der Waals surface area contributed by atoms with E-state index in [9.17, 15) is 18.0 Å². The normalized spacial score (nSPS) is 25.4. The molecular weight excluding hydrogens is 327 g/mol. The van der Waals surface area contributed by atoms with Crippen LogP contribution in [0.1, 0.15) is 5.56 Å². The molecule has 0 aliphatic carbocycles. The number of rotatable bonds is 3. The zero-order valence-corrected chi connectivity index (χ0v) is 12.9. The molecule has 2 aliphatic rings. The Bertz CT molecular complexity index is 594. The Morgan fingerprint density at radius 3 is 2.71 bits per heavy atom. The summed E-state index contributed by atoms with van der Waals surface area (Å²) in [7, 11) is 0. The first-order chi connectivity index (χ1) is 11.3. The maximum atomic E-state index is 12.7. The van der Waals surface area contributed by atoms with Crippen molar-refractivity contribution in [2.24, 2.45) is 5.92 Å². The maximum Gasteiger partial charge on any atom is 0.417 e. The average molecular weight is 345 g/mol. The van der Waals surface area contributed by atoms with Crippen molar-refractivity contribution in [1.82, 2.24) is 9.88 Å². The first-order valence-corrected chi connectivity index (χ1v) is 7.64. The highest BCUT2D eigenvalue weighted by atomic mass is 19.4. The number of carboxylic acid groups (broad SMARTS) is 1. The molecule has 0 unspecified atom stereocenters. The Kier molecular flexibility index (Phi) is 4.64. The predicted octanol–water partition coefficient (Wildman–Crippen LogP) is 1.32. The number of hydrogen-bond acceptors (Lipinski definition) is 5. The Morgan fingerprint density at radius 2 is 2.08 bits per heavy atom. The molecule has 3 heterocycles. The molecule has 2 atom stereocenters. The van der Waals surface area contributed by atoms with Crippen molar-refractivity contribution in [3.63, 3.8) is 0 Å². The molecule has 2 fully saturated rings. The van der Waals surface area contributed by atoms with E-state index in [1.54, 1.807) is 0 Å². The molecule has 2 aliphatic heterocycles. The minimum atomic E-state index is -4.41. The van der Waals surface area contributed by atoms with Crippen LogP contribution in [0.2, 0.25) is 0 Å². The lowest BCUT2D eigenvalue weighted by molar-refractivity contribution is -0.139. The first kappa shape index (κ1) is 17.0. The summed E-state index contributed by atoms with van der Waals surface area (Å²) in [5.41, 5.74) is -0.780. The number of carboxylic acids is 1. The van der Waals surface area contributed by atoms with Crippen molar-refractivity contribution in [3.8, 4) is 0 Å². The van der Waals surface area contributed by atoms with E-state index in [1.807, 2.05) is 9.80 Å². The Hall–Kier alpha value is -1.87. The van der Waals surface area contributed by atoms with Crippen molar-refractivity contribution >= 4 is 11.8 Å². The van der Waals surface area contributed by atoms with Gasteiger partial charge in [0.25, 0.3) is 0 Å². The number of ether oxygens (including phenoxy) is 1. The number of aromatic nitrogens is 1. The summed E-state index contributed by atoms with van der Waals surface area (Å²) < 4.78 is 43.6. The summed E-state index contributed by atoms with van der Waals surface area (Å²) in [5, 5.41) is 9.05. The fourth-order valence-corrected chi connectivity index (χ4v) is 3.22. The minimum absolute atomic E-state index is 0.0706. The third-order valence-corrected chi connectivity index (χ3v) is 4.32. The highest BCUT2D eigenvalue weighted by Gasteiger charge is 2.35. The average Bonchev–Trinajstić information content (AvgIpc) is 2.75. The number of alkyl halides is 3. The van der Waals surface area contributed by atoms with Crippen LogP contribution >= 0.6 is 0 Å². The van der Waals surface area contributed by atoms with Gasteiger partial charge < -0.3 is 14.7 Å². The van der Waals surface area contributed by atoms with Gasteiger partial charge in [-0.3, -0.25) is 9.69 Å². The van der Waals surface area contributed by atoms with E-state index in [4.69, 9.17) is 9.84 Å². The van der Waals surface area contributed by atoms with Crippen molar-refractivity contribution in [3.05, 3.63) is 23.9 Å². The topological polar surface area (TPSA) is 65.9 Å². The fraction of sp³-hybridized carbons (Fsp3) is 0.600. The van der Waals surface area contributed by atoms with Crippen molar-refractivity contribution < 1.29 is 27.8 Å². The molecule has 9 heteroatoms. The van der Waals surface area contributed by atoms with Gasteiger partial charge in [0, 0.05) is 31.7 Å². The molecule has 1 aromatic rings. The number of hydrogen-bond donors (Lipinski definition) is 1. The number of carbonyl (C=O) groups is 1. The maximum absolute atomic E-state index is 12.7. The minimum Gasteiger partial charge on any atom is -0.480 e. The van der Waals surface area contributed by atoms with Gasteiger partial charge in [-0.05, 0) is 12.1 Å². The van der Waals surface area contributed by atoms with Gasteiger partial charge in [0.1, 0.15) is 5.82 Å². The van der Waals surface area contributed by atoms with Crippen LogP contribution in [0, 0.1) is 5.92 Å². The molecule has 3 rings (SSSR count). The molecule has 1 aromatic heterocycles. The lowest BCUT2D eigenvalue weighted by atomic mass is 10.1. The fourth-order valence-electron chi connectivity index (χ4n) is 3.22. The Labute approximate surface area is 136 Å². The molecule has 0 aromatic carbocycles. The predicted molar refractivity (Wildman–Crippen MR) is 78.8 cm³/mol. The van der Waals surface area contributed by atoms with Crippen LogP contribution in [0.15, 0.2) is 18.3 Å². The molecule has 2 bridgehead atoms. The van der Waals surface area contributed by atoms with Crippen LogP contribution in [0.25, 0.3) is 0 Å². The second kappa shape index (κ2) is 6.56. The highest BCUT2D eigenvalue weighted by Crippen LogP contribution is 2.30. The monoisotopic (exact) mass is 345 g/mol. The molecule has 6 nitrogen and oxygen atoms in total. The van der Waals surface area contributed by atoms with Crippen molar-refractivity contribution in [2.75, 3.05) is 44.3 Å². The number of aliphatic carboxylic acids is 1. The van der Waals surface area contributed by atoms with Gasteiger partial charge in [-0.25, -0.2) is 4.98 Å². The van der Waals surface area contributed by atoms with Crippen LogP contribution in [0.4, 0.5) is 19.0 Å². The van der Waals surface area contributed by atoms with Gasteiger partial charge in [-0.15, -0.1) is 0 Å². The van der Waals surface area contributed by atoms with Crippen molar-refractivity contribution in [1.29, 1.82) is 0 Å². The summed E-state index contributed by atoms with van der Waals surface area (Å²) in [6.07, 6.45) is -3.57. The standard InChI is InChI=1S/C15H18F3N3O3/c16-15(17,18)11-1-2-13(19-3-11)21-5-10-4-20(7-14(22)23)12(6-21)9-24-8-10/h1-3,10,12H,4-9H2,(H,22,23)/t10-,12+/m1/s1.